The van der Waals surface area contributed by atoms with E-state index in [0.29, 0.717) is 5.75 Å². The van der Waals surface area contributed by atoms with Crippen molar-refractivity contribution in [3.63, 3.8) is 0 Å². The molecule has 0 radical (unpaired) electrons. The third-order valence-electron chi connectivity index (χ3n) is 1.63. The predicted octanol–water partition coefficient (Wildman–Crippen LogP) is 0.0628. The fraction of sp³-hybridized carbons (Fsp3) is 0.667. The molecule has 0 fully saturated rings. The SMILES string of the molecule is CCOC(=O)/C(=N\O)C(=O)C(C)SCCO. The van der Waals surface area contributed by atoms with E-state index < -0.39 is 22.7 Å². The summed E-state index contributed by atoms with van der Waals surface area (Å²) in [6.45, 7) is 3.19. The summed E-state index contributed by atoms with van der Waals surface area (Å²) in [5, 5.41) is 19.2. The normalized spacial score (nSPS) is 13.3. The van der Waals surface area contributed by atoms with Crippen molar-refractivity contribution in [2.24, 2.45) is 5.16 Å². The Morgan fingerprint density at radius 2 is 2.12 bits per heavy atom. The molecule has 7 heteroatoms. The Hall–Kier alpha value is -1.08. The van der Waals surface area contributed by atoms with Gasteiger partial charge in [0.05, 0.1) is 18.5 Å². The van der Waals surface area contributed by atoms with Crippen molar-refractivity contribution < 1.29 is 24.6 Å². The number of rotatable bonds is 7. The lowest BCUT2D eigenvalue weighted by atomic mass is 10.2. The van der Waals surface area contributed by atoms with Crippen molar-refractivity contribution in [3.8, 4) is 0 Å². The molecule has 92 valence electrons. The molecule has 0 rings (SSSR count). The number of aliphatic hydroxyl groups excluding tert-OH is 1. The van der Waals surface area contributed by atoms with Gasteiger partial charge in [-0.25, -0.2) is 4.79 Å². The van der Waals surface area contributed by atoms with Crippen molar-refractivity contribution in [1.29, 1.82) is 0 Å². The number of esters is 1. The monoisotopic (exact) mass is 249 g/mol. The van der Waals surface area contributed by atoms with Crippen LogP contribution in [0, 0.1) is 0 Å². The summed E-state index contributed by atoms with van der Waals surface area (Å²) in [6, 6.07) is 0. The van der Waals surface area contributed by atoms with Gasteiger partial charge in [0.1, 0.15) is 0 Å². The molecular formula is C9H15NO5S. The Labute approximate surface area is 97.7 Å². The fourth-order valence-electron chi connectivity index (χ4n) is 0.888. The first-order chi connectivity index (χ1) is 7.58. The Kier molecular flexibility index (Phi) is 7.57. The molecule has 0 heterocycles. The molecule has 0 aromatic carbocycles. The van der Waals surface area contributed by atoms with Crippen molar-refractivity contribution in [2.75, 3.05) is 19.0 Å². The molecule has 0 aromatic rings. The highest BCUT2D eigenvalue weighted by atomic mass is 32.2. The van der Waals surface area contributed by atoms with Gasteiger partial charge in [0.25, 0.3) is 0 Å². The lowest BCUT2D eigenvalue weighted by molar-refractivity contribution is -0.135. The maximum atomic E-state index is 11.6. The minimum atomic E-state index is -0.938. The highest BCUT2D eigenvalue weighted by Gasteiger charge is 2.27. The fourth-order valence-corrected chi connectivity index (χ4v) is 1.61. The highest BCUT2D eigenvalue weighted by Crippen LogP contribution is 2.11. The van der Waals surface area contributed by atoms with E-state index in [4.69, 9.17) is 10.3 Å². The third-order valence-corrected chi connectivity index (χ3v) is 2.76. The van der Waals surface area contributed by atoms with Gasteiger partial charge in [-0.2, -0.15) is 0 Å². The van der Waals surface area contributed by atoms with Crippen LogP contribution in [-0.4, -0.2) is 52.0 Å². The van der Waals surface area contributed by atoms with Gasteiger partial charge in [0.2, 0.25) is 11.5 Å². The molecule has 0 saturated carbocycles. The molecule has 0 spiro atoms. The van der Waals surface area contributed by atoms with Crippen LogP contribution in [0.15, 0.2) is 5.16 Å². The topological polar surface area (TPSA) is 96.2 Å². The Balaban J connectivity index is 4.48. The van der Waals surface area contributed by atoms with Crippen molar-refractivity contribution in [3.05, 3.63) is 0 Å². The lowest BCUT2D eigenvalue weighted by Crippen LogP contribution is -2.32. The van der Waals surface area contributed by atoms with Crippen LogP contribution >= 0.6 is 11.8 Å². The van der Waals surface area contributed by atoms with Crippen LogP contribution in [0.1, 0.15) is 13.8 Å². The van der Waals surface area contributed by atoms with E-state index in [0.717, 1.165) is 11.8 Å². The minimum absolute atomic E-state index is 0.0622. The number of aliphatic hydroxyl groups is 1. The molecule has 0 aliphatic carbocycles. The zero-order valence-corrected chi connectivity index (χ0v) is 9.99. The smallest absolute Gasteiger partial charge is 0.364 e. The molecule has 2 N–H and O–H groups in total. The average Bonchev–Trinajstić information content (AvgIpc) is 2.27. The number of nitrogens with zero attached hydrogens (tertiary/aromatic N) is 1. The maximum absolute atomic E-state index is 11.6. The molecule has 0 aliphatic heterocycles. The zero-order valence-electron chi connectivity index (χ0n) is 9.17. The first-order valence-corrected chi connectivity index (χ1v) is 5.79. The molecule has 0 amide bonds. The van der Waals surface area contributed by atoms with E-state index in [9.17, 15) is 9.59 Å². The molecule has 1 atom stereocenters. The van der Waals surface area contributed by atoms with E-state index in [-0.39, 0.29) is 13.2 Å². The highest BCUT2D eigenvalue weighted by molar-refractivity contribution is 8.00. The van der Waals surface area contributed by atoms with Gasteiger partial charge >= 0.3 is 5.97 Å². The van der Waals surface area contributed by atoms with Crippen molar-refractivity contribution in [2.45, 2.75) is 19.1 Å². The number of hydrogen-bond donors (Lipinski definition) is 2. The number of oxime groups is 1. The Morgan fingerprint density at radius 3 is 2.56 bits per heavy atom. The second-order valence-corrected chi connectivity index (χ2v) is 4.22. The first-order valence-electron chi connectivity index (χ1n) is 4.74. The van der Waals surface area contributed by atoms with E-state index in [2.05, 4.69) is 9.89 Å². The average molecular weight is 249 g/mol. The van der Waals surface area contributed by atoms with Crippen LogP contribution in [0.2, 0.25) is 0 Å². The summed E-state index contributed by atoms with van der Waals surface area (Å²) >= 11 is 1.16. The summed E-state index contributed by atoms with van der Waals surface area (Å²) in [5.41, 5.74) is -0.611. The quantitative estimate of drug-likeness (QED) is 0.218. The van der Waals surface area contributed by atoms with Crippen LogP contribution in [-0.2, 0) is 14.3 Å². The van der Waals surface area contributed by atoms with Crippen LogP contribution in [0.5, 0.6) is 0 Å². The minimum Gasteiger partial charge on any atom is -0.461 e. The van der Waals surface area contributed by atoms with Crippen LogP contribution in [0.3, 0.4) is 0 Å². The number of carbonyl (C=O) groups excluding carboxylic acids is 2. The molecule has 6 nitrogen and oxygen atoms in total. The van der Waals surface area contributed by atoms with Gasteiger partial charge in [0.15, 0.2) is 0 Å². The van der Waals surface area contributed by atoms with E-state index >= 15 is 0 Å². The molecule has 0 aromatic heterocycles. The second-order valence-electron chi connectivity index (χ2n) is 2.77. The number of carbonyl (C=O) groups is 2. The van der Waals surface area contributed by atoms with E-state index in [1.54, 1.807) is 13.8 Å². The number of hydrogen-bond acceptors (Lipinski definition) is 7. The summed E-state index contributed by atoms with van der Waals surface area (Å²) in [5.74, 6) is -1.18. The van der Waals surface area contributed by atoms with Gasteiger partial charge in [-0.15, -0.1) is 11.8 Å². The van der Waals surface area contributed by atoms with Gasteiger partial charge < -0.3 is 15.1 Å². The van der Waals surface area contributed by atoms with Gasteiger partial charge in [-0.1, -0.05) is 5.16 Å². The molecule has 0 bridgehead atoms. The van der Waals surface area contributed by atoms with Crippen molar-refractivity contribution in [1.82, 2.24) is 0 Å². The largest absolute Gasteiger partial charge is 0.461 e. The molecule has 0 saturated heterocycles. The lowest BCUT2D eigenvalue weighted by Gasteiger charge is -2.09. The number of ether oxygens (including phenoxy) is 1. The summed E-state index contributed by atoms with van der Waals surface area (Å²) in [7, 11) is 0. The number of thioether (sulfide) groups is 1. The molecular weight excluding hydrogens is 234 g/mol. The first kappa shape index (κ1) is 14.9. The Morgan fingerprint density at radius 1 is 1.50 bits per heavy atom. The standard InChI is InChI=1S/C9H15NO5S/c1-3-15-9(13)7(10-14)8(12)6(2)16-5-4-11/h6,11,14H,3-5H2,1-2H3/b10-7-. The predicted molar refractivity (Wildman–Crippen MR) is 59.9 cm³/mol. The molecule has 16 heavy (non-hydrogen) atoms. The molecule has 1 unspecified atom stereocenters. The van der Waals surface area contributed by atoms with E-state index in [1.807, 2.05) is 0 Å². The molecule has 0 aliphatic rings. The summed E-state index contributed by atoms with van der Waals surface area (Å²) < 4.78 is 4.56. The maximum Gasteiger partial charge on any atom is 0.364 e. The van der Waals surface area contributed by atoms with Crippen LogP contribution in [0.25, 0.3) is 0 Å². The van der Waals surface area contributed by atoms with Gasteiger partial charge in [-0.3, -0.25) is 4.79 Å². The second kappa shape index (κ2) is 8.12. The van der Waals surface area contributed by atoms with E-state index in [1.165, 1.54) is 0 Å². The summed E-state index contributed by atoms with van der Waals surface area (Å²) in [4.78, 5) is 22.8. The van der Waals surface area contributed by atoms with Crippen LogP contribution in [0.4, 0.5) is 0 Å². The van der Waals surface area contributed by atoms with Gasteiger partial charge in [0, 0.05) is 5.75 Å². The number of Topliss-reactive ketones (excluding diaryl/α,β-unsaturated/α-hetero) is 1. The zero-order chi connectivity index (χ0) is 12.6. The number of ketones is 1. The Bertz CT molecular complexity index is 279. The van der Waals surface area contributed by atoms with Gasteiger partial charge in [-0.05, 0) is 13.8 Å². The third kappa shape index (κ3) is 4.63. The summed E-state index contributed by atoms with van der Waals surface area (Å²) in [6.07, 6.45) is 0. The van der Waals surface area contributed by atoms with Crippen LogP contribution < -0.4 is 0 Å². The van der Waals surface area contributed by atoms with Crippen molar-refractivity contribution >= 4 is 29.2 Å².